The highest BCUT2D eigenvalue weighted by Gasteiger charge is 2.58. The summed E-state index contributed by atoms with van der Waals surface area (Å²) in [5, 5.41) is 22.8. The predicted molar refractivity (Wildman–Crippen MR) is 144 cm³/mol. The molecule has 5 atom stereocenters. The van der Waals surface area contributed by atoms with E-state index in [1.165, 1.54) is 6.92 Å². The van der Waals surface area contributed by atoms with Gasteiger partial charge in [0.25, 0.3) is 11.8 Å². The van der Waals surface area contributed by atoms with Gasteiger partial charge in [0.1, 0.15) is 17.6 Å². The SMILES string of the molecule is C[C@@H](O[C@H](C)C(F)(F)F)[C@H](NC(=O)c1nonc1C1CC1)c1nc2ccc([C@H](NC(=O)CC3CC3(F)F)C3(C#N)CC3)cc2[nH]1. The molecule has 3 saturated carbocycles. The zero-order valence-corrected chi connectivity index (χ0v) is 24.3. The summed E-state index contributed by atoms with van der Waals surface area (Å²) in [6.45, 7) is 2.22. The molecule has 3 fully saturated rings. The molecule has 1 unspecified atom stereocenters. The van der Waals surface area contributed by atoms with Gasteiger partial charge in [-0.3, -0.25) is 9.59 Å². The predicted octanol–water partition coefficient (Wildman–Crippen LogP) is 5.16. The van der Waals surface area contributed by atoms with Crippen molar-refractivity contribution >= 4 is 22.8 Å². The quantitative estimate of drug-likeness (QED) is 0.230. The van der Waals surface area contributed by atoms with E-state index < -0.39 is 59.5 Å². The molecule has 45 heavy (non-hydrogen) atoms. The van der Waals surface area contributed by atoms with Crippen LogP contribution in [-0.4, -0.2) is 56.4 Å². The number of nitriles is 1. The Labute approximate surface area is 253 Å². The minimum absolute atomic E-state index is 0.0105. The van der Waals surface area contributed by atoms with Crippen molar-refractivity contribution in [1.29, 1.82) is 5.26 Å². The number of halogens is 5. The Bertz CT molecular complexity index is 1660. The van der Waals surface area contributed by atoms with E-state index in [4.69, 9.17) is 9.37 Å². The second kappa shape index (κ2) is 11.0. The molecule has 240 valence electrons. The molecule has 11 nitrogen and oxygen atoms in total. The summed E-state index contributed by atoms with van der Waals surface area (Å²) < 4.78 is 77.0. The number of aromatic nitrogens is 4. The number of hydrogen-bond acceptors (Lipinski definition) is 8. The number of benzene rings is 1. The second-order valence-corrected chi connectivity index (χ2v) is 12.3. The van der Waals surface area contributed by atoms with Gasteiger partial charge in [-0.05, 0) is 62.4 Å². The van der Waals surface area contributed by atoms with Crippen molar-refractivity contribution in [2.45, 2.75) is 94.7 Å². The molecule has 3 aromatic rings. The molecule has 6 rings (SSSR count). The topological polar surface area (TPSA) is 159 Å². The van der Waals surface area contributed by atoms with E-state index in [9.17, 15) is 36.8 Å². The third kappa shape index (κ3) is 6.35. The molecule has 3 aliphatic rings. The maximum Gasteiger partial charge on any atom is 0.414 e. The van der Waals surface area contributed by atoms with Gasteiger partial charge in [0, 0.05) is 24.7 Å². The average molecular weight is 636 g/mol. The second-order valence-electron chi connectivity index (χ2n) is 12.3. The molecule has 16 heteroatoms. The number of amides is 2. The van der Waals surface area contributed by atoms with Crippen molar-refractivity contribution in [2.75, 3.05) is 0 Å². The standard InChI is InChI=1S/C29H30F5N7O4/c1-13(44-14(2)29(32,33)34)21(39-26(43)23-22(15-3-4-15)40-45-41-23)25-36-18-6-5-16(9-19(18)37-25)24(27(12-35)7-8-27)38-20(42)10-17-11-28(17,30)31/h5-6,9,13-15,17,21,24H,3-4,7-8,10-11H2,1-2H3,(H,36,37)(H,38,42)(H,39,43)/t13-,14-,17?,21+,24+/m1/s1. The largest absolute Gasteiger partial charge is 0.414 e. The highest BCUT2D eigenvalue weighted by molar-refractivity contribution is 5.93. The molecule has 3 aliphatic carbocycles. The van der Waals surface area contributed by atoms with Crippen molar-refractivity contribution in [2.24, 2.45) is 11.3 Å². The number of carbonyl (C=O) groups is 2. The summed E-state index contributed by atoms with van der Waals surface area (Å²) in [6.07, 6.45) is -6.15. The number of aromatic amines is 1. The van der Waals surface area contributed by atoms with Crippen molar-refractivity contribution in [3.63, 3.8) is 0 Å². The molecule has 0 saturated heterocycles. The van der Waals surface area contributed by atoms with Crippen LogP contribution in [0, 0.1) is 22.7 Å². The third-order valence-electron chi connectivity index (χ3n) is 8.74. The highest BCUT2D eigenvalue weighted by Crippen LogP contribution is 2.55. The molecule has 2 heterocycles. The Morgan fingerprint density at radius 3 is 2.51 bits per heavy atom. The highest BCUT2D eigenvalue weighted by atomic mass is 19.4. The van der Waals surface area contributed by atoms with Gasteiger partial charge in [-0.25, -0.2) is 18.4 Å². The van der Waals surface area contributed by atoms with Gasteiger partial charge in [0.05, 0.1) is 34.7 Å². The summed E-state index contributed by atoms with van der Waals surface area (Å²) >= 11 is 0. The van der Waals surface area contributed by atoms with Gasteiger partial charge in [-0.1, -0.05) is 11.2 Å². The molecule has 1 aromatic carbocycles. The van der Waals surface area contributed by atoms with Crippen molar-refractivity contribution in [3.05, 3.63) is 41.0 Å². The molecule has 2 amide bonds. The monoisotopic (exact) mass is 635 g/mol. The normalized spacial score (nSPS) is 22.6. The lowest BCUT2D eigenvalue weighted by Gasteiger charge is -2.27. The van der Waals surface area contributed by atoms with E-state index in [0.29, 0.717) is 35.1 Å². The first-order chi connectivity index (χ1) is 21.2. The first kappa shape index (κ1) is 30.9. The Balaban J connectivity index is 1.28. The summed E-state index contributed by atoms with van der Waals surface area (Å²) in [5.41, 5.74) is 0.687. The fourth-order valence-corrected chi connectivity index (χ4v) is 5.52. The van der Waals surface area contributed by atoms with Crippen LogP contribution in [0.4, 0.5) is 22.0 Å². The maximum absolute atomic E-state index is 13.4. The number of carbonyl (C=O) groups excluding carboxylic acids is 2. The van der Waals surface area contributed by atoms with Gasteiger partial charge in [-0.15, -0.1) is 0 Å². The summed E-state index contributed by atoms with van der Waals surface area (Å²) in [4.78, 5) is 33.5. The minimum atomic E-state index is -4.66. The molecule has 0 radical (unpaired) electrons. The van der Waals surface area contributed by atoms with Crippen molar-refractivity contribution in [3.8, 4) is 6.07 Å². The molecule has 3 N–H and O–H groups in total. The van der Waals surface area contributed by atoms with E-state index in [2.05, 4.69) is 37.0 Å². The number of H-pyrrole nitrogens is 1. The van der Waals surface area contributed by atoms with Gasteiger partial charge in [-0.2, -0.15) is 18.4 Å². The van der Waals surface area contributed by atoms with Crippen LogP contribution in [0.2, 0.25) is 0 Å². The molecule has 2 aromatic heterocycles. The fraction of sp³-hybridized carbons (Fsp3) is 0.586. The van der Waals surface area contributed by atoms with Gasteiger partial charge in [0.15, 0.2) is 11.8 Å². The Morgan fingerprint density at radius 2 is 1.91 bits per heavy atom. The number of ether oxygens (including phenoxy) is 1. The maximum atomic E-state index is 13.4. The van der Waals surface area contributed by atoms with Crippen LogP contribution in [0.25, 0.3) is 11.0 Å². The van der Waals surface area contributed by atoms with Gasteiger partial charge in [0.2, 0.25) is 5.91 Å². The van der Waals surface area contributed by atoms with E-state index >= 15 is 0 Å². The lowest BCUT2D eigenvalue weighted by Crippen LogP contribution is -2.41. The Morgan fingerprint density at radius 1 is 1.20 bits per heavy atom. The third-order valence-corrected chi connectivity index (χ3v) is 8.74. The smallest absolute Gasteiger partial charge is 0.364 e. The number of nitrogens with zero attached hydrogens (tertiary/aromatic N) is 4. The summed E-state index contributed by atoms with van der Waals surface area (Å²) in [6, 6.07) is 5.13. The van der Waals surface area contributed by atoms with Crippen LogP contribution in [0.3, 0.4) is 0 Å². The van der Waals surface area contributed by atoms with E-state index in [1.54, 1.807) is 18.2 Å². The zero-order valence-electron chi connectivity index (χ0n) is 24.3. The lowest BCUT2D eigenvalue weighted by atomic mass is 9.90. The van der Waals surface area contributed by atoms with Crippen LogP contribution in [-0.2, 0) is 9.53 Å². The summed E-state index contributed by atoms with van der Waals surface area (Å²) in [7, 11) is 0. The number of rotatable bonds is 12. The Hall–Kier alpha value is -4.13. The molecular formula is C29H30F5N7O4. The Kier molecular flexibility index (Phi) is 7.57. The minimum Gasteiger partial charge on any atom is -0.364 e. The number of alkyl halides is 5. The lowest BCUT2D eigenvalue weighted by molar-refractivity contribution is -0.227. The fourth-order valence-electron chi connectivity index (χ4n) is 5.52. The van der Waals surface area contributed by atoms with Crippen LogP contribution in [0.5, 0.6) is 0 Å². The number of hydrogen-bond donors (Lipinski definition) is 3. The first-order valence-corrected chi connectivity index (χ1v) is 14.6. The van der Waals surface area contributed by atoms with Crippen molar-refractivity contribution in [1.82, 2.24) is 30.9 Å². The zero-order chi connectivity index (χ0) is 32.3. The van der Waals surface area contributed by atoms with Gasteiger partial charge < -0.3 is 20.4 Å². The van der Waals surface area contributed by atoms with Crippen molar-refractivity contribution < 1.29 is 40.9 Å². The molecule has 0 bridgehead atoms. The molecular weight excluding hydrogens is 605 g/mol. The van der Waals surface area contributed by atoms with Crippen LogP contribution in [0.15, 0.2) is 22.8 Å². The number of nitrogens with one attached hydrogen (secondary N) is 3. The van der Waals surface area contributed by atoms with Crippen LogP contribution in [0.1, 0.15) is 97.9 Å². The van der Waals surface area contributed by atoms with E-state index in [0.717, 1.165) is 19.8 Å². The van der Waals surface area contributed by atoms with Crippen LogP contribution < -0.4 is 10.6 Å². The number of fused-ring (bicyclic) bond motifs is 1. The van der Waals surface area contributed by atoms with E-state index in [-0.39, 0.29) is 30.3 Å². The first-order valence-electron chi connectivity index (χ1n) is 14.6. The number of imidazole rings is 1. The molecule has 0 spiro atoms. The van der Waals surface area contributed by atoms with E-state index in [1.807, 2.05) is 0 Å². The van der Waals surface area contributed by atoms with Gasteiger partial charge >= 0.3 is 6.18 Å². The summed E-state index contributed by atoms with van der Waals surface area (Å²) in [5.74, 6) is -5.12. The average Bonchev–Trinajstić information content (AvgIpc) is 3.94. The van der Waals surface area contributed by atoms with Crippen LogP contribution >= 0.6 is 0 Å². The molecule has 0 aliphatic heterocycles.